The number of benzene rings is 1. The number of carbonyl (C=O) groups excluding carboxylic acids is 1. The fourth-order valence-electron chi connectivity index (χ4n) is 3.75. The lowest BCUT2D eigenvalue weighted by molar-refractivity contribution is 0.102. The van der Waals surface area contributed by atoms with E-state index in [0.29, 0.717) is 29.7 Å². The highest BCUT2D eigenvalue weighted by atomic mass is 32.1. The van der Waals surface area contributed by atoms with Gasteiger partial charge in [-0.25, -0.2) is 14.1 Å². The zero-order chi connectivity index (χ0) is 20.4. The lowest BCUT2D eigenvalue weighted by Crippen LogP contribution is -2.15. The molecule has 0 aliphatic heterocycles. The molecule has 0 bridgehead atoms. The topological polar surface area (TPSA) is 72.7 Å². The minimum atomic E-state index is -0.287. The number of hydrogen-bond acceptors (Lipinski definition) is 5. The van der Waals surface area contributed by atoms with Crippen molar-refractivity contribution in [1.82, 2.24) is 20.0 Å². The number of halogens is 1. The van der Waals surface area contributed by atoms with Crippen LogP contribution in [0.1, 0.15) is 59.0 Å². The van der Waals surface area contributed by atoms with Gasteiger partial charge in [0.15, 0.2) is 10.8 Å². The Bertz CT molecular complexity index is 1010. The van der Waals surface area contributed by atoms with Crippen LogP contribution in [0.5, 0.6) is 0 Å². The van der Waals surface area contributed by atoms with Crippen molar-refractivity contribution in [3.63, 3.8) is 0 Å². The molecule has 1 aliphatic rings. The molecule has 29 heavy (non-hydrogen) atoms. The number of thiazole rings is 1. The zero-order valence-corrected chi connectivity index (χ0v) is 17.4. The molecule has 8 heteroatoms. The third-order valence-electron chi connectivity index (χ3n) is 5.47. The van der Waals surface area contributed by atoms with Crippen molar-refractivity contribution in [2.45, 2.75) is 52.5 Å². The lowest BCUT2D eigenvalue weighted by atomic mass is 9.89. The van der Waals surface area contributed by atoms with E-state index in [9.17, 15) is 9.18 Å². The van der Waals surface area contributed by atoms with Gasteiger partial charge >= 0.3 is 0 Å². The number of nitrogens with zero attached hydrogens (tertiary/aromatic N) is 4. The van der Waals surface area contributed by atoms with Crippen molar-refractivity contribution in [2.24, 2.45) is 5.92 Å². The molecule has 0 saturated heterocycles. The molecule has 1 aliphatic carbocycles. The first-order valence-electron chi connectivity index (χ1n) is 10.0. The molecule has 1 atom stereocenters. The number of anilines is 1. The minimum Gasteiger partial charge on any atom is -0.296 e. The van der Waals surface area contributed by atoms with Crippen LogP contribution in [0.25, 0.3) is 0 Å². The van der Waals surface area contributed by atoms with Crippen LogP contribution in [0.2, 0.25) is 0 Å². The van der Waals surface area contributed by atoms with Crippen molar-refractivity contribution in [2.75, 3.05) is 5.32 Å². The third kappa shape index (κ3) is 4.22. The highest BCUT2D eigenvalue weighted by molar-refractivity contribution is 7.15. The fraction of sp³-hybridized carbons (Fsp3) is 0.429. The van der Waals surface area contributed by atoms with Crippen LogP contribution >= 0.6 is 11.3 Å². The Morgan fingerprint density at radius 2 is 2.10 bits per heavy atom. The maximum Gasteiger partial charge on any atom is 0.279 e. The van der Waals surface area contributed by atoms with Crippen molar-refractivity contribution >= 4 is 22.4 Å². The van der Waals surface area contributed by atoms with Gasteiger partial charge < -0.3 is 0 Å². The number of nitrogens with one attached hydrogen (secondary N) is 1. The number of aryl methyl sites for hydroxylation is 1. The van der Waals surface area contributed by atoms with Gasteiger partial charge in [-0.1, -0.05) is 37.6 Å². The molecule has 1 amide bonds. The molecule has 0 radical (unpaired) electrons. The van der Waals surface area contributed by atoms with Crippen LogP contribution in [-0.4, -0.2) is 25.9 Å². The number of amides is 1. The summed E-state index contributed by atoms with van der Waals surface area (Å²) in [5, 5.41) is 11.8. The van der Waals surface area contributed by atoms with Crippen LogP contribution in [-0.2, 0) is 25.8 Å². The number of fused-ring (bicyclic) bond motifs is 1. The quantitative estimate of drug-likeness (QED) is 0.656. The molecule has 2 aromatic heterocycles. The maximum absolute atomic E-state index is 13.1. The summed E-state index contributed by atoms with van der Waals surface area (Å²) in [7, 11) is 0. The van der Waals surface area contributed by atoms with Gasteiger partial charge in [0.2, 0.25) is 0 Å². The molecule has 3 aromatic rings. The maximum atomic E-state index is 13.1. The Labute approximate surface area is 173 Å². The Morgan fingerprint density at radius 3 is 2.83 bits per heavy atom. The molecule has 152 valence electrons. The molecule has 1 unspecified atom stereocenters. The van der Waals surface area contributed by atoms with Gasteiger partial charge in [0.1, 0.15) is 5.82 Å². The minimum absolute atomic E-state index is 0.278. The second-order valence-electron chi connectivity index (χ2n) is 7.38. The van der Waals surface area contributed by atoms with Gasteiger partial charge in [-0.2, -0.15) is 0 Å². The number of carbonyl (C=O) groups is 1. The van der Waals surface area contributed by atoms with Crippen molar-refractivity contribution in [3.8, 4) is 0 Å². The van der Waals surface area contributed by atoms with Crippen molar-refractivity contribution in [3.05, 3.63) is 57.6 Å². The molecule has 6 nitrogen and oxygen atoms in total. The number of aromatic nitrogens is 4. The van der Waals surface area contributed by atoms with Crippen LogP contribution in [0.15, 0.2) is 24.3 Å². The monoisotopic (exact) mass is 413 g/mol. The van der Waals surface area contributed by atoms with E-state index in [-0.39, 0.29) is 11.7 Å². The van der Waals surface area contributed by atoms with E-state index < -0.39 is 0 Å². The predicted octanol–water partition coefficient (Wildman–Crippen LogP) is 4.25. The summed E-state index contributed by atoms with van der Waals surface area (Å²) >= 11 is 1.57. The van der Waals surface area contributed by atoms with E-state index in [1.165, 1.54) is 23.4 Å². The summed E-state index contributed by atoms with van der Waals surface area (Å²) in [4.78, 5) is 18.7. The first-order valence-corrected chi connectivity index (χ1v) is 10.9. The Morgan fingerprint density at radius 1 is 1.31 bits per heavy atom. The van der Waals surface area contributed by atoms with E-state index in [1.54, 1.807) is 28.2 Å². The van der Waals surface area contributed by atoms with Gasteiger partial charge in [-0.05, 0) is 49.3 Å². The number of rotatable bonds is 6. The largest absolute Gasteiger partial charge is 0.296 e. The standard InChI is InChI=1S/C21H24FN5OS/c1-3-13-7-10-16-18(11-13)29-21(23-16)24-20(28)19-17(4-2)27(26-25-19)12-14-5-8-15(22)9-6-14/h5-6,8-9,13H,3-4,7,10-12H2,1-2H3,(H,23,24,28). The van der Waals surface area contributed by atoms with E-state index in [4.69, 9.17) is 0 Å². The van der Waals surface area contributed by atoms with Gasteiger partial charge in [0.25, 0.3) is 5.91 Å². The van der Waals surface area contributed by atoms with Crippen LogP contribution in [0.3, 0.4) is 0 Å². The lowest BCUT2D eigenvalue weighted by Gasteiger charge is -2.18. The normalized spacial score (nSPS) is 15.9. The Hall–Kier alpha value is -2.61. The smallest absolute Gasteiger partial charge is 0.279 e. The van der Waals surface area contributed by atoms with E-state index in [2.05, 4.69) is 27.5 Å². The second kappa shape index (κ2) is 8.41. The Balaban J connectivity index is 1.50. The molecular formula is C21H24FN5OS. The van der Waals surface area contributed by atoms with Gasteiger partial charge in [0, 0.05) is 4.88 Å². The molecule has 1 aromatic carbocycles. The average molecular weight is 414 g/mol. The zero-order valence-electron chi connectivity index (χ0n) is 16.6. The highest BCUT2D eigenvalue weighted by Crippen LogP contribution is 2.33. The molecule has 0 saturated carbocycles. The summed E-state index contributed by atoms with van der Waals surface area (Å²) in [5.41, 5.74) is 3.08. The predicted molar refractivity (Wildman–Crippen MR) is 111 cm³/mol. The third-order valence-corrected chi connectivity index (χ3v) is 6.51. The summed E-state index contributed by atoms with van der Waals surface area (Å²) in [6.45, 7) is 4.62. The summed E-state index contributed by atoms with van der Waals surface area (Å²) in [6, 6.07) is 6.25. The van der Waals surface area contributed by atoms with E-state index in [0.717, 1.165) is 36.2 Å². The average Bonchev–Trinajstić information content (AvgIpc) is 3.31. The molecule has 1 N–H and O–H groups in total. The molecule has 4 rings (SSSR count). The summed E-state index contributed by atoms with van der Waals surface area (Å²) in [5.74, 6) is 0.148. The molecule has 2 heterocycles. The molecule has 0 fully saturated rings. The van der Waals surface area contributed by atoms with Crippen LogP contribution < -0.4 is 5.32 Å². The van der Waals surface area contributed by atoms with Crippen molar-refractivity contribution < 1.29 is 9.18 Å². The molecular weight excluding hydrogens is 389 g/mol. The SMILES string of the molecule is CCc1c(C(=O)Nc2nc3c(s2)CC(CC)CC3)nnn1Cc1ccc(F)cc1. The highest BCUT2D eigenvalue weighted by Gasteiger charge is 2.24. The van der Waals surface area contributed by atoms with Crippen LogP contribution in [0.4, 0.5) is 9.52 Å². The Kier molecular flexibility index (Phi) is 5.71. The van der Waals surface area contributed by atoms with E-state index >= 15 is 0 Å². The van der Waals surface area contributed by atoms with Gasteiger partial charge in [-0.3, -0.25) is 10.1 Å². The van der Waals surface area contributed by atoms with Crippen LogP contribution in [0, 0.1) is 11.7 Å². The van der Waals surface area contributed by atoms with Crippen molar-refractivity contribution in [1.29, 1.82) is 0 Å². The van der Waals surface area contributed by atoms with Gasteiger partial charge in [-0.15, -0.1) is 16.4 Å². The summed E-state index contributed by atoms with van der Waals surface area (Å²) in [6.07, 6.45) is 4.99. The number of hydrogen-bond donors (Lipinski definition) is 1. The summed E-state index contributed by atoms with van der Waals surface area (Å²) < 4.78 is 14.8. The van der Waals surface area contributed by atoms with E-state index in [1.807, 2.05) is 6.92 Å². The fourth-order valence-corrected chi connectivity index (χ4v) is 4.87. The second-order valence-corrected chi connectivity index (χ2v) is 8.47. The van der Waals surface area contributed by atoms with Gasteiger partial charge in [0.05, 0.1) is 17.9 Å². The first-order chi connectivity index (χ1) is 14.1. The molecule has 0 spiro atoms. The first kappa shape index (κ1) is 19.7.